The second-order valence-electron chi connectivity index (χ2n) is 8.25. The van der Waals surface area contributed by atoms with Gasteiger partial charge >= 0.3 is 6.03 Å². The van der Waals surface area contributed by atoms with Crippen molar-refractivity contribution in [2.45, 2.75) is 57.5 Å². The molecule has 2 atom stereocenters. The molecule has 2 aliphatic rings. The van der Waals surface area contributed by atoms with E-state index in [1.54, 1.807) is 4.90 Å². The number of rotatable bonds is 8. The van der Waals surface area contributed by atoms with E-state index in [-0.39, 0.29) is 24.8 Å². The molecule has 2 aliphatic heterocycles. The summed E-state index contributed by atoms with van der Waals surface area (Å²) in [6.45, 7) is 3.75. The fourth-order valence-electron chi connectivity index (χ4n) is 4.69. The first kappa shape index (κ1) is 24.7. The summed E-state index contributed by atoms with van der Waals surface area (Å²) in [5, 5.41) is 9.97. The maximum Gasteiger partial charge on any atom is 0.317 e. The zero-order valence-corrected chi connectivity index (χ0v) is 18.2. The lowest BCUT2D eigenvalue weighted by Crippen LogP contribution is -2.49. The Morgan fingerprint density at radius 1 is 1.16 bits per heavy atom. The van der Waals surface area contributed by atoms with Crippen LogP contribution in [0, 0.1) is 5.92 Å². The van der Waals surface area contributed by atoms with Crippen molar-refractivity contribution < 1.29 is 19.5 Å². The Morgan fingerprint density at radius 2 is 1.87 bits per heavy atom. The molecule has 0 aromatic heterocycles. The van der Waals surface area contributed by atoms with E-state index < -0.39 is 0 Å². The number of carbonyl (C=O) groups excluding carboxylic acids is 2. The van der Waals surface area contributed by atoms with Crippen molar-refractivity contribution in [3.8, 4) is 0 Å². The summed E-state index contributed by atoms with van der Waals surface area (Å²) < 4.78 is 0. The molecule has 8 heteroatoms. The molecular formula is C23H36N4O4. The van der Waals surface area contributed by atoms with Crippen LogP contribution < -0.4 is 11.1 Å². The molecule has 0 bridgehead atoms. The zero-order chi connectivity index (χ0) is 22.5. The van der Waals surface area contributed by atoms with E-state index in [0.717, 1.165) is 12.0 Å². The van der Waals surface area contributed by atoms with Crippen LogP contribution in [0.1, 0.15) is 50.5 Å². The van der Waals surface area contributed by atoms with Crippen LogP contribution in [0.15, 0.2) is 30.3 Å². The summed E-state index contributed by atoms with van der Waals surface area (Å²) in [5.74, 6) is 0.299. The van der Waals surface area contributed by atoms with Gasteiger partial charge in [0.25, 0.3) is 6.47 Å². The minimum absolute atomic E-state index is 0.110. The van der Waals surface area contributed by atoms with Crippen molar-refractivity contribution in [3.63, 3.8) is 0 Å². The van der Waals surface area contributed by atoms with Gasteiger partial charge in [-0.2, -0.15) is 0 Å². The standard InChI is InChI=1S/C22H34N4O2.CH2O2/c23-21(27)12-16-26(17-18-7-2-1-3-8-18)22(28)24-13-11-19-9-6-15-25-14-5-4-10-20(19)25;2-1-3/h1-3,7-8,19-20H,4-6,9-17H2,(H2,23,27)(H,24,28);1H,(H,2,3)/t19-,20+;/m0./s1. The predicted octanol–water partition coefficient (Wildman–Crippen LogP) is 2.43. The Morgan fingerprint density at radius 3 is 2.58 bits per heavy atom. The molecule has 8 nitrogen and oxygen atoms in total. The molecule has 3 rings (SSSR count). The molecule has 1 aromatic rings. The van der Waals surface area contributed by atoms with E-state index >= 15 is 0 Å². The molecule has 0 saturated carbocycles. The van der Waals surface area contributed by atoms with Gasteiger partial charge in [0.05, 0.1) is 0 Å². The summed E-state index contributed by atoms with van der Waals surface area (Å²) >= 11 is 0. The number of hydrogen-bond acceptors (Lipinski definition) is 4. The molecule has 2 fully saturated rings. The van der Waals surface area contributed by atoms with Crippen LogP contribution in [0.5, 0.6) is 0 Å². The highest BCUT2D eigenvalue weighted by Gasteiger charge is 2.32. The molecule has 1 aromatic carbocycles. The Hall–Kier alpha value is -2.61. The highest BCUT2D eigenvalue weighted by atomic mass is 16.3. The molecule has 31 heavy (non-hydrogen) atoms. The number of nitrogens with zero attached hydrogens (tertiary/aromatic N) is 2. The predicted molar refractivity (Wildman–Crippen MR) is 119 cm³/mol. The van der Waals surface area contributed by atoms with E-state index in [9.17, 15) is 9.59 Å². The van der Waals surface area contributed by atoms with E-state index in [1.165, 1.54) is 45.2 Å². The number of nitrogens with two attached hydrogens (primary N) is 1. The van der Waals surface area contributed by atoms with Gasteiger partial charge in [0.1, 0.15) is 0 Å². The molecule has 2 saturated heterocycles. The van der Waals surface area contributed by atoms with E-state index in [4.69, 9.17) is 15.6 Å². The monoisotopic (exact) mass is 432 g/mol. The van der Waals surface area contributed by atoms with Gasteiger partial charge in [-0.3, -0.25) is 9.59 Å². The molecule has 172 valence electrons. The van der Waals surface area contributed by atoms with Crippen LogP contribution in [0.25, 0.3) is 0 Å². The van der Waals surface area contributed by atoms with Gasteiger partial charge in [0, 0.05) is 32.1 Å². The number of fused-ring (bicyclic) bond motifs is 1. The molecule has 0 radical (unpaired) electrons. The van der Waals surface area contributed by atoms with Crippen molar-refractivity contribution in [2.24, 2.45) is 11.7 Å². The van der Waals surface area contributed by atoms with Crippen molar-refractivity contribution in [1.82, 2.24) is 15.1 Å². The molecule has 0 spiro atoms. The zero-order valence-electron chi connectivity index (χ0n) is 18.2. The number of urea groups is 1. The van der Waals surface area contributed by atoms with Crippen LogP contribution in [-0.2, 0) is 16.1 Å². The molecular weight excluding hydrogens is 396 g/mol. The third-order valence-electron chi connectivity index (χ3n) is 6.15. The maximum atomic E-state index is 12.7. The third-order valence-corrected chi connectivity index (χ3v) is 6.15. The first-order valence-electron chi connectivity index (χ1n) is 11.2. The van der Waals surface area contributed by atoms with Gasteiger partial charge < -0.3 is 26.0 Å². The first-order chi connectivity index (χ1) is 15.0. The second kappa shape index (κ2) is 13.6. The summed E-state index contributed by atoms with van der Waals surface area (Å²) in [4.78, 5) is 36.6. The fraction of sp³-hybridized carbons (Fsp3) is 0.609. The smallest absolute Gasteiger partial charge is 0.317 e. The van der Waals surface area contributed by atoms with E-state index in [0.29, 0.717) is 31.6 Å². The average Bonchev–Trinajstić information content (AvgIpc) is 2.78. The number of carbonyl (C=O) groups is 3. The SMILES string of the molecule is NC(=O)CCN(Cc1ccccc1)C(=O)NCC[C@@H]1CCCN2CCCC[C@H]12.O=CO. The number of piperidine rings is 2. The summed E-state index contributed by atoms with van der Waals surface area (Å²) in [6, 6.07) is 10.4. The Bertz CT molecular complexity index is 683. The Balaban J connectivity index is 0.00000107. The summed E-state index contributed by atoms with van der Waals surface area (Å²) in [5.41, 5.74) is 6.34. The number of amides is 3. The average molecular weight is 433 g/mol. The number of nitrogens with one attached hydrogen (secondary N) is 1. The van der Waals surface area contributed by atoms with Gasteiger partial charge in [-0.25, -0.2) is 4.79 Å². The lowest BCUT2D eigenvalue weighted by atomic mass is 9.82. The first-order valence-corrected chi connectivity index (χ1v) is 11.2. The largest absolute Gasteiger partial charge is 0.483 e. The lowest BCUT2D eigenvalue weighted by Gasteiger charge is -2.44. The van der Waals surface area contributed by atoms with Crippen molar-refractivity contribution in [1.29, 1.82) is 0 Å². The quantitative estimate of drug-likeness (QED) is 0.546. The Labute approximate surface area is 184 Å². The van der Waals surface area contributed by atoms with Crippen LogP contribution in [0.3, 0.4) is 0 Å². The minimum Gasteiger partial charge on any atom is -0.483 e. The number of carboxylic acid groups (broad SMARTS) is 1. The highest BCUT2D eigenvalue weighted by Crippen LogP contribution is 2.32. The molecule has 0 unspecified atom stereocenters. The maximum absolute atomic E-state index is 12.7. The van der Waals surface area contributed by atoms with Crippen LogP contribution in [0.2, 0.25) is 0 Å². The summed E-state index contributed by atoms with van der Waals surface area (Å²) in [7, 11) is 0. The van der Waals surface area contributed by atoms with Gasteiger partial charge in [-0.1, -0.05) is 36.8 Å². The Kier molecular flexibility index (Phi) is 10.9. The van der Waals surface area contributed by atoms with Crippen LogP contribution >= 0.6 is 0 Å². The van der Waals surface area contributed by atoms with E-state index in [2.05, 4.69) is 10.2 Å². The summed E-state index contributed by atoms with van der Waals surface area (Å²) in [6.07, 6.45) is 7.72. The van der Waals surface area contributed by atoms with Gasteiger partial charge in [0.2, 0.25) is 5.91 Å². The van der Waals surface area contributed by atoms with Gasteiger partial charge in [0.15, 0.2) is 0 Å². The number of hydrogen-bond donors (Lipinski definition) is 3. The van der Waals surface area contributed by atoms with Gasteiger partial charge in [-0.05, 0) is 56.7 Å². The number of benzene rings is 1. The lowest BCUT2D eigenvalue weighted by molar-refractivity contribution is -0.123. The minimum atomic E-state index is -0.384. The van der Waals surface area contributed by atoms with Crippen molar-refractivity contribution >= 4 is 18.4 Å². The highest BCUT2D eigenvalue weighted by molar-refractivity contribution is 5.77. The fourth-order valence-corrected chi connectivity index (χ4v) is 4.69. The van der Waals surface area contributed by atoms with Crippen LogP contribution in [0.4, 0.5) is 4.79 Å². The number of primary amides is 1. The van der Waals surface area contributed by atoms with Crippen molar-refractivity contribution in [3.05, 3.63) is 35.9 Å². The molecule has 2 heterocycles. The van der Waals surface area contributed by atoms with Gasteiger partial charge in [-0.15, -0.1) is 0 Å². The molecule has 3 amide bonds. The normalized spacial score (nSPS) is 20.5. The third kappa shape index (κ3) is 8.57. The van der Waals surface area contributed by atoms with E-state index in [1.807, 2.05) is 30.3 Å². The van der Waals surface area contributed by atoms with Crippen LogP contribution in [-0.4, -0.2) is 65.5 Å². The second-order valence-corrected chi connectivity index (χ2v) is 8.25. The molecule has 4 N–H and O–H groups in total. The topological polar surface area (TPSA) is 116 Å². The molecule has 0 aliphatic carbocycles. The van der Waals surface area contributed by atoms with Crippen molar-refractivity contribution in [2.75, 3.05) is 26.2 Å².